The largest absolute Gasteiger partial charge is 0.389 e. The monoisotopic (exact) mass is 193 g/mol. The SMILES string of the molecule is FC(F)(F)CC12CCC(CNC1)C2. The second-order valence-electron chi connectivity index (χ2n) is 4.53. The lowest BCUT2D eigenvalue weighted by Gasteiger charge is -2.34. The number of alkyl halides is 3. The van der Waals surface area contributed by atoms with Gasteiger partial charge in [0.15, 0.2) is 0 Å². The third-order valence-electron chi connectivity index (χ3n) is 3.31. The Morgan fingerprint density at radius 2 is 2.15 bits per heavy atom. The van der Waals surface area contributed by atoms with E-state index < -0.39 is 18.0 Å². The maximum atomic E-state index is 12.3. The molecule has 2 bridgehead atoms. The molecule has 0 radical (unpaired) electrons. The molecule has 1 saturated heterocycles. The van der Waals surface area contributed by atoms with Gasteiger partial charge in [-0.3, -0.25) is 0 Å². The normalized spacial score (nSPS) is 39.5. The lowest BCUT2D eigenvalue weighted by Crippen LogP contribution is -2.41. The Kier molecular flexibility index (Phi) is 2.06. The zero-order chi connectivity index (χ0) is 9.53. The highest BCUT2D eigenvalue weighted by molar-refractivity contribution is 4.96. The summed E-state index contributed by atoms with van der Waals surface area (Å²) in [6.07, 6.45) is -2.08. The van der Waals surface area contributed by atoms with Crippen LogP contribution in [0.15, 0.2) is 0 Å². The summed E-state index contributed by atoms with van der Waals surface area (Å²) in [5.74, 6) is 0.496. The van der Waals surface area contributed by atoms with Gasteiger partial charge in [0.1, 0.15) is 0 Å². The Morgan fingerprint density at radius 3 is 2.85 bits per heavy atom. The quantitative estimate of drug-likeness (QED) is 0.674. The zero-order valence-corrected chi connectivity index (χ0v) is 7.45. The first-order valence-corrected chi connectivity index (χ1v) is 4.77. The average Bonchev–Trinajstić information content (AvgIpc) is 2.23. The number of hydrogen-bond acceptors (Lipinski definition) is 1. The Balaban J connectivity index is 2.04. The van der Waals surface area contributed by atoms with Crippen molar-refractivity contribution in [2.24, 2.45) is 11.3 Å². The first kappa shape index (κ1) is 9.31. The van der Waals surface area contributed by atoms with E-state index in [9.17, 15) is 13.2 Å². The van der Waals surface area contributed by atoms with Crippen LogP contribution in [-0.4, -0.2) is 19.3 Å². The summed E-state index contributed by atoms with van der Waals surface area (Å²) >= 11 is 0. The van der Waals surface area contributed by atoms with Gasteiger partial charge in [-0.15, -0.1) is 0 Å². The molecule has 2 atom stereocenters. The van der Waals surface area contributed by atoms with Crippen LogP contribution in [0, 0.1) is 11.3 Å². The van der Waals surface area contributed by atoms with Crippen molar-refractivity contribution in [2.45, 2.75) is 31.9 Å². The van der Waals surface area contributed by atoms with Crippen LogP contribution >= 0.6 is 0 Å². The molecule has 1 saturated carbocycles. The van der Waals surface area contributed by atoms with E-state index in [2.05, 4.69) is 5.32 Å². The van der Waals surface area contributed by atoms with Gasteiger partial charge in [0, 0.05) is 6.54 Å². The number of piperidine rings is 1. The van der Waals surface area contributed by atoms with Crippen molar-refractivity contribution in [1.82, 2.24) is 5.32 Å². The molecule has 2 unspecified atom stereocenters. The minimum absolute atomic E-state index is 0.457. The van der Waals surface area contributed by atoms with E-state index in [1.807, 2.05) is 0 Å². The standard InChI is InChI=1S/C9H14F3N/c10-9(11,12)5-8-2-1-7(3-8)4-13-6-8/h7,13H,1-6H2. The lowest BCUT2D eigenvalue weighted by atomic mass is 9.79. The number of hydrogen-bond donors (Lipinski definition) is 1. The minimum Gasteiger partial charge on any atom is -0.316 e. The molecule has 4 heteroatoms. The molecule has 1 nitrogen and oxygen atoms in total. The second-order valence-corrected chi connectivity index (χ2v) is 4.53. The van der Waals surface area contributed by atoms with Crippen molar-refractivity contribution in [2.75, 3.05) is 13.1 Å². The van der Waals surface area contributed by atoms with E-state index in [1.165, 1.54) is 0 Å². The lowest BCUT2D eigenvalue weighted by molar-refractivity contribution is -0.159. The van der Waals surface area contributed by atoms with Crippen molar-refractivity contribution in [3.63, 3.8) is 0 Å². The van der Waals surface area contributed by atoms with Crippen molar-refractivity contribution < 1.29 is 13.2 Å². The highest BCUT2D eigenvalue weighted by Gasteiger charge is 2.48. The molecule has 0 aromatic rings. The Bertz CT molecular complexity index is 198. The van der Waals surface area contributed by atoms with Crippen LogP contribution < -0.4 is 5.32 Å². The van der Waals surface area contributed by atoms with Gasteiger partial charge in [-0.2, -0.15) is 13.2 Å². The topological polar surface area (TPSA) is 12.0 Å². The summed E-state index contributed by atoms with van der Waals surface area (Å²) < 4.78 is 36.8. The first-order chi connectivity index (χ1) is 5.99. The minimum atomic E-state index is -3.99. The van der Waals surface area contributed by atoms with Gasteiger partial charge in [0.05, 0.1) is 6.42 Å². The molecule has 76 valence electrons. The fraction of sp³-hybridized carbons (Fsp3) is 1.00. The van der Waals surface area contributed by atoms with Crippen LogP contribution in [0.3, 0.4) is 0 Å². The van der Waals surface area contributed by atoms with E-state index in [0.717, 1.165) is 25.8 Å². The molecule has 2 rings (SSSR count). The molecule has 1 N–H and O–H groups in total. The summed E-state index contributed by atoms with van der Waals surface area (Å²) in [6, 6.07) is 0. The van der Waals surface area contributed by atoms with Gasteiger partial charge >= 0.3 is 6.18 Å². The van der Waals surface area contributed by atoms with Crippen LogP contribution in [0.4, 0.5) is 13.2 Å². The fourth-order valence-electron chi connectivity index (χ4n) is 2.85. The van der Waals surface area contributed by atoms with Gasteiger partial charge in [-0.25, -0.2) is 0 Å². The molecule has 0 aromatic heterocycles. The van der Waals surface area contributed by atoms with Gasteiger partial charge < -0.3 is 5.32 Å². The van der Waals surface area contributed by atoms with Crippen molar-refractivity contribution >= 4 is 0 Å². The molecule has 1 heterocycles. The fourth-order valence-corrected chi connectivity index (χ4v) is 2.85. The average molecular weight is 193 g/mol. The molecule has 2 aliphatic rings. The first-order valence-electron chi connectivity index (χ1n) is 4.77. The number of nitrogens with one attached hydrogen (secondary N) is 1. The maximum Gasteiger partial charge on any atom is 0.389 e. The third-order valence-corrected chi connectivity index (χ3v) is 3.31. The molecule has 0 spiro atoms. The van der Waals surface area contributed by atoms with Gasteiger partial charge in [0.25, 0.3) is 0 Å². The van der Waals surface area contributed by atoms with E-state index in [4.69, 9.17) is 0 Å². The molecule has 13 heavy (non-hydrogen) atoms. The highest BCUT2D eigenvalue weighted by atomic mass is 19.4. The van der Waals surface area contributed by atoms with Crippen LogP contribution in [0.1, 0.15) is 25.7 Å². The number of rotatable bonds is 1. The smallest absolute Gasteiger partial charge is 0.316 e. The van der Waals surface area contributed by atoms with E-state index in [1.54, 1.807) is 0 Å². The summed E-state index contributed by atoms with van der Waals surface area (Å²) in [5, 5.41) is 3.11. The van der Waals surface area contributed by atoms with Gasteiger partial charge in [0.2, 0.25) is 0 Å². The predicted octanol–water partition coefficient (Wildman–Crippen LogP) is 2.33. The Morgan fingerprint density at radius 1 is 1.38 bits per heavy atom. The van der Waals surface area contributed by atoms with Crippen molar-refractivity contribution in [3.05, 3.63) is 0 Å². The number of halogens is 3. The third kappa shape index (κ3) is 1.98. The molecule has 1 aliphatic heterocycles. The van der Waals surface area contributed by atoms with E-state index in [0.29, 0.717) is 12.5 Å². The molecule has 1 aliphatic carbocycles. The van der Waals surface area contributed by atoms with Crippen molar-refractivity contribution in [1.29, 1.82) is 0 Å². The summed E-state index contributed by atoms with van der Waals surface area (Å²) in [6.45, 7) is 1.47. The van der Waals surface area contributed by atoms with Crippen molar-refractivity contribution in [3.8, 4) is 0 Å². The summed E-state index contributed by atoms with van der Waals surface area (Å²) in [5.41, 5.74) is -0.457. The van der Waals surface area contributed by atoms with Gasteiger partial charge in [-0.1, -0.05) is 0 Å². The second kappa shape index (κ2) is 2.87. The zero-order valence-electron chi connectivity index (χ0n) is 7.45. The van der Waals surface area contributed by atoms with Crippen LogP contribution in [0.2, 0.25) is 0 Å². The molecular weight excluding hydrogens is 179 g/mol. The van der Waals surface area contributed by atoms with Crippen LogP contribution in [-0.2, 0) is 0 Å². The molecule has 2 fully saturated rings. The Labute approximate surface area is 75.7 Å². The summed E-state index contributed by atoms with van der Waals surface area (Å²) in [4.78, 5) is 0. The molecule has 0 aromatic carbocycles. The number of fused-ring (bicyclic) bond motifs is 2. The highest BCUT2D eigenvalue weighted by Crippen LogP contribution is 2.49. The van der Waals surface area contributed by atoms with Crippen LogP contribution in [0.5, 0.6) is 0 Å². The van der Waals surface area contributed by atoms with Crippen LogP contribution in [0.25, 0.3) is 0 Å². The molecule has 0 amide bonds. The van der Waals surface area contributed by atoms with E-state index >= 15 is 0 Å². The summed E-state index contributed by atoms with van der Waals surface area (Å²) in [7, 11) is 0. The maximum absolute atomic E-state index is 12.3. The van der Waals surface area contributed by atoms with E-state index in [-0.39, 0.29) is 0 Å². The predicted molar refractivity (Wildman–Crippen MR) is 43.3 cm³/mol. The van der Waals surface area contributed by atoms with Gasteiger partial charge in [-0.05, 0) is 37.1 Å². The molecular formula is C9H14F3N. The Hall–Kier alpha value is -0.250.